The predicted molar refractivity (Wildman–Crippen MR) is 84.0 cm³/mol. The van der Waals surface area contributed by atoms with Crippen LogP contribution >= 0.6 is 0 Å². The van der Waals surface area contributed by atoms with Crippen LogP contribution in [0.4, 0.5) is 0 Å². The Kier molecular flexibility index (Phi) is 4.56. The summed E-state index contributed by atoms with van der Waals surface area (Å²) in [5.41, 5.74) is 8.34. The zero-order valence-electron chi connectivity index (χ0n) is 12.6. The maximum absolute atomic E-state index is 12.8. The van der Waals surface area contributed by atoms with Crippen LogP contribution < -0.4 is 5.73 Å². The molecule has 1 aromatic carbocycles. The lowest BCUT2D eigenvalue weighted by atomic mass is 10.0. The first-order chi connectivity index (χ1) is 10.3. The van der Waals surface area contributed by atoms with E-state index in [1.165, 1.54) is 11.1 Å². The van der Waals surface area contributed by atoms with Crippen molar-refractivity contribution >= 4 is 5.91 Å². The number of nitrogens with zero attached hydrogens (tertiary/aromatic N) is 2. The van der Waals surface area contributed by atoms with Crippen molar-refractivity contribution in [2.24, 2.45) is 11.7 Å². The minimum absolute atomic E-state index is 0.156. The molecule has 2 N–H and O–H groups in total. The molecule has 1 aliphatic heterocycles. The Labute approximate surface area is 126 Å². The number of carbonyl (C=O) groups is 1. The van der Waals surface area contributed by atoms with Crippen molar-refractivity contribution in [1.82, 2.24) is 9.80 Å². The van der Waals surface area contributed by atoms with Gasteiger partial charge in [0.05, 0.1) is 0 Å². The molecule has 1 amide bonds. The third kappa shape index (κ3) is 3.27. The van der Waals surface area contributed by atoms with E-state index >= 15 is 0 Å². The lowest BCUT2D eigenvalue weighted by Gasteiger charge is -2.24. The molecule has 114 valence electrons. The molecule has 1 aromatic rings. The monoisotopic (exact) mass is 287 g/mol. The van der Waals surface area contributed by atoms with Crippen molar-refractivity contribution < 1.29 is 4.79 Å². The Balaban J connectivity index is 1.59. The maximum atomic E-state index is 12.8. The van der Waals surface area contributed by atoms with Gasteiger partial charge in [-0.15, -0.1) is 0 Å². The van der Waals surface area contributed by atoms with Gasteiger partial charge < -0.3 is 15.5 Å². The summed E-state index contributed by atoms with van der Waals surface area (Å²) in [6, 6.07) is 8.46. The Bertz CT molecular complexity index is 478. The number of hydrogen-bond donors (Lipinski definition) is 1. The van der Waals surface area contributed by atoms with Crippen LogP contribution in [0.15, 0.2) is 24.3 Å². The average molecular weight is 287 g/mol. The SMILES string of the molecule is NCCN1CCCN(C(=O)C2Cc3ccccc3C2)CC1. The van der Waals surface area contributed by atoms with Gasteiger partial charge in [0.15, 0.2) is 0 Å². The predicted octanol–water partition coefficient (Wildman–Crippen LogP) is 0.894. The molecule has 1 aliphatic carbocycles. The second kappa shape index (κ2) is 6.58. The quantitative estimate of drug-likeness (QED) is 0.898. The number of benzene rings is 1. The Hall–Kier alpha value is -1.39. The third-order valence-corrected chi connectivity index (χ3v) is 4.75. The van der Waals surface area contributed by atoms with Gasteiger partial charge in [0.25, 0.3) is 0 Å². The third-order valence-electron chi connectivity index (χ3n) is 4.75. The van der Waals surface area contributed by atoms with Gasteiger partial charge in [-0.2, -0.15) is 0 Å². The largest absolute Gasteiger partial charge is 0.341 e. The van der Waals surface area contributed by atoms with E-state index in [0.717, 1.165) is 52.0 Å². The van der Waals surface area contributed by atoms with Gasteiger partial charge in [0.1, 0.15) is 0 Å². The van der Waals surface area contributed by atoms with Crippen molar-refractivity contribution in [1.29, 1.82) is 0 Å². The normalized spacial score (nSPS) is 20.3. The molecule has 0 atom stereocenters. The zero-order valence-corrected chi connectivity index (χ0v) is 12.6. The summed E-state index contributed by atoms with van der Waals surface area (Å²) in [6.07, 6.45) is 2.89. The summed E-state index contributed by atoms with van der Waals surface area (Å²) in [5.74, 6) is 0.504. The van der Waals surface area contributed by atoms with E-state index in [9.17, 15) is 4.79 Å². The fraction of sp³-hybridized carbons (Fsp3) is 0.588. The molecule has 2 aliphatic rings. The van der Waals surface area contributed by atoms with Gasteiger partial charge in [-0.25, -0.2) is 0 Å². The molecule has 21 heavy (non-hydrogen) atoms. The van der Waals surface area contributed by atoms with Gasteiger partial charge in [0.2, 0.25) is 5.91 Å². The molecule has 1 fully saturated rings. The average Bonchev–Trinajstić information content (AvgIpc) is 2.80. The number of nitrogens with two attached hydrogens (primary N) is 1. The van der Waals surface area contributed by atoms with Crippen LogP contribution in [0.2, 0.25) is 0 Å². The van der Waals surface area contributed by atoms with E-state index in [1.807, 2.05) is 0 Å². The van der Waals surface area contributed by atoms with Crippen LogP contribution in [0.25, 0.3) is 0 Å². The molecule has 3 rings (SSSR count). The van der Waals surface area contributed by atoms with Crippen molar-refractivity contribution in [3.05, 3.63) is 35.4 Å². The Morgan fingerprint density at radius 3 is 2.48 bits per heavy atom. The fourth-order valence-electron chi connectivity index (χ4n) is 3.59. The first kappa shape index (κ1) is 14.5. The number of amides is 1. The molecule has 0 bridgehead atoms. The van der Waals surface area contributed by atoms with Crippen molar-refractivity contribution in [3.8, 4) is 0 Å². The van der Waals surface area contributed by atoms with Gasteiger partial charge in [-0.3, -0.25) is 4.79 Å². The molecule has 0 spiro atoms. The number of carbonyl (C=O) groups excluding carboxylic acids is 1. The van der Waals surface area contributed by atoms with Crippen molar-refractivity contribution in [2.75, 3.05) is 39.3 Å². The molecular formula is C17H25N3O. The van der Waals surface area contributed by atoms with E-state index in [2.05, 4.69) is 34.1 Å². The highest BCUT2D eigenvalue weighted by molar-refractivity contribution is 5.80. The second-order valence-corrected chi connectivity index (χ2v) is 6.18. The molecular weight excluding hydrogens is 262 g/mol. The summed E-state index contributed by atoms with van der Waals surface area (Å²) >= 11 is 0. The minimum Gasteiger partial charge on any atom is -0.341 e. The Morgan fingerprint density at radius 1 is 1.10 bits per heavy atom. The molecule has 0 aromatic heterocycles. The minimum atomic E-state index is 0.156. The van der Waals surface area contributed by atoms with E-state index < -0.39 is 0 Å². The Morgan fingerprint density at radius 2 is 1.81 bits per heavy atom. The molecule has 0 radical (unpaired) electrons. The smallest absolute Gasteiger partial charge is 0.226 e. The van der Waals surface area contributed by atoms with Crippen LogP contribution in [0.3, 0.4) is 0 Å². The summed E-state index contributed by atoms with van der Waals surface area (Å²) in [4.78, 5) is 17.2. The zero-order chi connectivity index (χ0) is 14.7. The lowest BCUT2D eigenvalue weighted by molar-refractivity contribution is -0.135. The molecule has 0 unspecified atom stereocenters. The van der Waals surface area contributed by atoms with Crippen LogP contribution in [-0.2, 0) is 17.6 Å². The number of rotatable bonds is 3. The van der Waals surface area contributed by atoms with E-state index in [1.54, 1.807) is 0 Å². The van der Waals surface area contributed by atoms with Gasteiger partial charge >= 0.3 is 0 Å². The highest BCUT2D eigenvalue weighted by Gasteiger charge is 2.31. The van der Waals surface area contributed by atoms with Crippen LogP contribution in [-0.4, -0.2) is 55.0 Å². The highest BCUT2D eigenvalue weighted by Crippen LogP contribution is 2.28. The number of hydrogen-bond acceptors (Lipinski definition) is 3. The van der Waals surface area contributed by atoms with Crippen molar-refractivity contribution in [2.45, 2.75) is 19.3 Å². The van der Waals surface area contributed by atoms with Crippen LogP contribution in [0.1, 0.15) is 17.5 Å². The molecule has 4 nitrogen and oxygen atoms in total. The lowest BCUT2D eigenvalue weighted by Crippen LogP contribution is -2.39. The first-order valence-corrected chi connectivity index (χ1v) is 8.06. The molecule has 0 saturated carbocycles. The van der Waals surface area contributed by atoms with Crippen LogP contribution in [0, 0.1) is 5.92 Å². The van der Waals surface area contributed by atoms with Crippen molar-refractivity contribution in [3.63, 3.8) is 0 Å². The molecule has 1 heterocycles. The van der Waals surface area contributed by atoms with Gasteiger partial charge in [0, 0.05) is 38.6 Å². The first-order valence-electron chi connectivity index (χ1n) is 8.06. The van der Waals surface area contributed by atoms with Gasteiger partial charge in [-0.1, -0.05) is 24.3 Å². The van der Waals surface area contributed by atoms with Gasteiger partial charge in [-0.05, 0) is 36.9 Å². The summed E-state index contributed by atoms with van der Waals surface area (Å²) < 4.78 is 0. The van der Waals surface area contributed by atoms with E-state index in [4.69, 9.17) is 5.73 Å². The molecule has 1 saturated heterocycles. The fourth-order valence-corrected chi connectivity index (χ4v) is 3.59. The maximum Gasteiger partial charge on any atom is 0.226 e. The van der Waals surface area contributed by atoms with E-state index in [-0.39, 0.29) is 5.92 Å². The topological polar surface area (TPSA) is 49.6 Å². The standard InChI is InChI=1S/C17H25N3O/c18-6-9-19-7-3-8-20(11-10-19)17(21)16-12-14-4-1-2-5-15(14)13-16/h1-2,4-5,16H,3,6-13,18H2. The number of fused-ring (bicyclic) bond motifs is 1. The molecule has 4 heteroatoms. The summed E-state index contributed by atoms with van der Waals surface area (Å²) in [6.45, 7) is 5.41. The van der Waals surface area contributed by atoms with E-state index in [0.29, 0.717) is 12.5 Å². The summed E-state index contributed by atoms with van der Waals surface area (Å²) in [7, 11) is 0. The highest BCUT2D eigenvalue weighted by atomic mass is 16.2. The van der Waals surface area contributed by atoms with Crippen LogP contribution in [0.5, 0.6) is 0 Å². The summed E-state index contributed by atoms with van der Waals surface area (Å²) in [5, 5.41) is 0. The second-order valence-electron chi connectivity index (χ2n) is 6.18.